The second kappa shape index (κ2) is 8.10. The number of hydrogen-bond acceptors (Lipinski definition) is 2. The molecule has 5 nitrogen and oxygen atoms in total. The number of halogens is 1. The van der Waals surface area contributed by atoms with Crippen molar-refractivity contribution in [2.75, 3.05) is 5.43 Å². The highest BCUT2D eigenvalue weighted by atomic mass is 35.5. The van der Waals surface area contributed by atoms with Crippen molar-refractivity contribution >= 4 is 23.5 Å². The maximum atomic E-state index is 12.7. The van der Waals surface area contributed by atoms with Gasteiger partial charge in [-0.3, -0.25) is 19.7 Å². The Kier molecular flexibility index (Phi) is 5.62. The Labute approximate surface area is 162 Å². The van der Waals surface area contributed by atoms with Crippen molar-refractivity contribution in [2.24, 2.45) is 0 Å². The van der Waals surface area contributed by atoms with E-state index in [1.54, 1.807) is 28.9 Å². The van der Waals surface area contributed by atoms with Gasteiger partial charge in [0.1, 0.15) is 0 Å². The van der Waals surface area contributed by atoms with Crippen molar-refractivity contribution in [3.63, 3.8) is 0 Å². The first kappa shape index (κ1) is 18.7. The predicted molar refractivity (Wildman–Crippen MR) is 106 cm³/mol. The lowest BCUT2D eigenvalue weighted by Crippen LogP contribution is -2.25. The molecule has 138 valence electrons. The summed E-state index contributed by atoms with van der Waals surface area (Å²) in [6, 6.07) is 18.2. The van der Waals surface area contributed by atoms with Gasteiger partial charge in [-0.25, -0.2) is 0 Å². The number of nitrogens with one attached hydrogen (secondary N) is 1. The van der Waals surface area contributed by atoms with Crippen LogP contribution < -0.4 is 5.43 Å². The summed E-state index contributed by atoms with van der Waals surface area (Å²) in [5.41, 5.74) is 6.81. The van der Waals surface area contributed by atoms with E-state index in [2.05, 4.69) is 5.43 Å². The van der Waals surface area contributed by atoms with E-state index >= 15 is 0 Å². The minimum atomic E-state index is -0.888. The lowest BCUT2D eigenvalue weighted by atomic mass is 10.1. The maximum Gasteiger partial charge on any atom is 0.303 e. The van der Waals surface area contributed by atoms with Gasteiger partial charge >= 0.3 is 5.97 Å². The van der Waals surface area contributed by atoms with Crippen LogP contribution in [0.4, 0.5) is 0 Å². The summed E-state index contributed by atoms with van der Waals surface area (Å²) in [6.07, 6.45) is 0.279. The SMILES string of the molecule is Cc1ccc(C(=O)Nn2c(CCC(=O)O)ccc2-c2ccc(Cl)cc2)cc1. The molecule has 1 aromatic heterocycles. The van der Waals surface area contributed by atoms with Crippen LogP contribution in [0.5, 0.6) is 0 Å². The minimum absolute atomic E-state index is 0.0233. The van der Waals surface area contributed by atoms with Crippen LogP contribution in [0.25, 0.3) is 11.3 Å². The number of hydrogen-bond donors (Lipinski definition) is 2. The van der Waals surface area contributed by atoms with E-state index in [4.69, 9.17) is 16.7 Å². The summed E-state index contributed by atoms with van der Waals surface area (Å²) in [4.78, 5) is 23.6. The fourth-order valence-corrected chi connectivity index (χ4v) is 2.88. The van der Waals surface area contributed by atoms with E-state index < -0.39 is 5.97 Å². The predicted octanol–water partition coefficient (Wildman–Crippen LogP) is 4.52. The fourth-order valence-electron chi connectivity index (χ4n) is 2.76. The highest BCUT2D eigenvalue weighted by molar-refractivity contribution is 6.30. The van der Waals surface area contributed by atoms with Crippen LogP contribution >= 0.6 is 11.6 Å². The molecule has 0 unspecified atom stereocenters. The molecule has 2 aromatic carbocycles. The first-order chi connectivity index (χ1) is 12.9. The van der Waals surface area contributed by atoms with Crippen molar-refractivity contribution in [3.8, 4) is 11.3 Å². The second-order valence-electron chi connectivity index (χ2n) is 6.25. The Bertz CT molecular complexity index is 960. The monoisotopic (exact) mass is 382 g/mol. The van der Waals surface area contributed by atoms with E-state index in [9.17, 15) is 9.59 Å². The van der Waals surface area contributed by atoms with Crippen LogP contribution in [-0.4, -0.2) is 21.7 Å². The number of aryl methyl sites for hydroxylation is 2. The molecule has 0 aliphatic heterocycles. The minimum Gasteiger partial charge on any atom is -0.481 e. The number of carboxylic acid groups (broad SMARTS) is 1. The highest BCUT2D eigenvalue weighted by Crippen LogP contribution is 2.24. The summed E-state index contributed by atoms with van der Waals surface area (Å²) in [5.74, 6) is -1.15. The molecule has 3 aromatic rings. The number of carbonyl (C=O) groups excluding carboxylic acids is 1. The molecule has 0 fully saturated rings. The maximum absolute atomic E-state index is 12.7. The summed E-state index contributed by atoms with van der Waals surface area (Å²) in [6.45, 7) is 1.95. The molecular weight excluding hydrogens is 364 g/mol. The second-order valence-corrected chi connectivity index (χ2v) is 6.69. The van der Waals surface area contributed by atoms with Crippen LogP contribution in [0, 0.1) is 6.92 Å². The van der Waals surface area contributed by atoms with Crippen LogP contribution in [0.3, 0.4) is 0 Å². The Hall–Kier alpha value is -3.05. The lowest BCUT2D eigenvalue weighted by Gasteiger charge is -2.15. The molecule has 0 radical (unpaired) electrons. The van der Waals surface area contributed by atoms with E-state index in [1.807, 2.05) is 43.3 Å². The third kappa shape index (κ3) is 4.57. The summed E-state index contributed by atoms with van der Waals surface area (Å²) in [7, 11) is 0. The molecular formula is C21H19ClN2O3. The zero-order chi connectivity index (χ0) is 19.4. The topological polar surface area (TPSA) is 71.3 Å². The quantitative estimate of drug-likeness (QED) is 0.658. The van der Waals surface area contributed by atoms with Crippen LogP contribution in [0.2, 0.25) is 5.02 Å². The molecule has 27 heavy (non-hydrogen) atoms. The Morgan fingerprint density at radius 2 is 1.67 bits per heavy atom. The third-order valence-electron chi connectivity index (χ3n) is 4.22. The fraction of sp³-hybridized carbons (Fsp3) is 0.143. The number of aromatic nitrogens is 1. The summed E-state index contributed by atoms with van der Waals surface area (Å²) < 4.78 is 1.65. The largest absolute Gasteiger partial charge is 0.481 e. The molecule has 0 aliphatic rings. The van der Waals surface area contributed by atoms with Crippen molar-refractivity contribution in [3.05, 3.63) is 82.5 Å². The average molecular weight is 383 g/mol. The van der Waals surface area contributed by atoms with Gasteiger partial charge in [0, 0.05) is 28.3 Å². The van der Waals surface area contributed by atoms with Crippen molar-refractivity contribution < 1.29 is 14.7 Å². The average Bonchev–Trinajstić information content (AvgIpc) is 3.03. The standard InChI is InChI=1S/C21H19ClN2O3/c1-14-2-4-16(5-3-14)21(27)23-24-18(11-13-20(25)26)10-12-19(24)15-6-8-17(22)9-7-15/h2-10,12H,11,13H2,1H3,(H,23,27)(H,25,26). The van der Waals surface area contributed by atoms with E-state index in [-0.39, 0.29) is 12.3 Å². The molecule has 2 N–H and O–H groups in total. The first-order valence-electron chi connectivity index (χ1n) is 8.50. The molecule has 3 rings (SSSR count). The molecule has 0 aliphatic carbocycles. The van der Waals surface area contributed by atoms with Gasteiger partial charge < -0.3 is 5.11 Å². The highest BCUT2D eigenvalue weighted by Gasteiger charge is 2.15. The first-order valence-corrected chi connectivity index (χ1v) is 8.88. The zero-order valence-electron chi connectivity index (χ0n) is 14.8. The summed E-state index contributed by atoms with van der Waals surface area (Å²) >= 11 is 5.96. The molecule has 1 heterocycles. The smallest absolute Gasteiger partial charge is 0.303 e. The van der Waals surface area contributed by atoms with Crippen molar-refractivity contribution in [1.29, 1.82) is 0 Å². The van der Waals surface area contributed by atoms with Crippen molar-refractivity contribution in [2.45, 2.75) is 19.8 Å². The van der Waals surface area contributed by atoms with E-state index in [0.717, 1.165) is 16.8 Å². The zero-order valence-corrected chi connectivity index (χ0v) is 15.5. The lowest BCUT2D eigenvalue weighted by molar-refractivity contribution is -0.136. The van der Waals surface area contributed by atoms with Gasteiger partial charge in [-0.05, 0) is 43.3 Å². The van der Waals surface area contributed by atoms with Crippen LogP contribution in [-0.2, 0) is 11.2 Å². The Balaban J connectivity index is 1.95. The number of nitrogens with zero attached hydrogens (tertiary/aromatic N) is 1. The molecule has 6 heteroatoms. The van der Waals surface area contributed by atoms with Crippen LogP contribution in [0.15, 0.2) is 60.7 Å². The number of carboxylic acids is 1. The van der Waals surface area contributed by atoms with Gasteiger partial charge in [0.2, 0.25) is 0 Å². The van der Waals surface area contributed by atoms with E-state index in [0.29, 0.717) is 22.7 Å². The number of carbonyl (C=O) groups is 2. The Morgan fingerprint density at radius 1 is 1.00 bits per heavy atom. The molecule has 0 spiro atoms. The van der Waals surface area contributed by atoms with Gasteiger partial charge in [-0.2, -0.15) is 0 Å². The molecule has 0 bridgehead atoms. The summed E-state index contributed by atoms with van der Waals surface area (Å²) in [5, 5.41) is 9.61. The van der Waals surface area contributed by atoms with Crippen LogP contribution in [0.1, 0.15) is 28.0 Å². The number of rotatable bonds is 6. The molecule has 0 saturated heterocycles. The van der Waals surface area contributed by atoms with Gasteiger partial charge in [0.15, 0.2) is 0 Å². The Morgan fingerprint density at radius 3 is 2.30 bits per heavy atom. The van der Waals surface area contributed by atoms with Gasteiger partial charge in [0.05, 0.1) is 12.1 Å². The molecule has 0 saturated carbocycles. The molecule has 1 amide bonds. The number of benzene rings is 2. The van der Waals surface area contributed by atoms with E-state index in [1.165, 1.54) is 0 Å². The van der Waals surface area contributed by atoms with Gasteiger partial charge in [0.25, 0.3) is 5.91 Å². The molecule has 0 atom stereocenters. The van der Waals surface area contributed by atoms with Gasteiger partial charge in [-0.15, -0.1) is 0 Å². The number of aliphatic carboxylic acids is 1. The normalized spacial score (nSPS) is 10.6. The third-order valence-corrected chi connectivity index (χ3v) is 4.48. The number of amides is 1. The van der Waals surface area contributed by atoms with Crippen molar-refractivity contribution in [1.82, 2.24) is 4.68 Å². The van der Waals surface area contributed by atoms with Gasteiger partial charge in [-0.1, -0.05) is 41.4 Å².